The van der Waals surface area contributed by atoms with Crippen LogP contribution in [0.4, 0.5) is 5.69 Å². The molecule has 3 rings (SSSR count). The zero-order chi connectivity index (χ0) is 14.7. The fraction of sp³-hybridized carbons (Fsp3) is 0.235. The molecule has 4 heteroatoms. The van der Waals surface area contributed by atoms with Gasteiger partial charge in [0.1, 0.15) is 11.5 Å². The van der Waals surface area contributed by atoms with Crippen molar-refractivity contribution in [3.05, 3.63) is 59.1 Å². The molecule has 108 valence electrons. The molecule has 0 fully saturated rings. The number of hydrogen-bond donors (Lipinski definition) is 2. The average Bonchev–Trinajstić information content (AvgIpc) is 2.91. The van der Waals surface area contributed by atoms with Crippen LogP contribution in [0.1, 0.15) is 22.6 Å². The third-order valence-electron chi connectivity index (χ3n) is 3.52. The summed E-state index contributed by atoms with van der Waals surface area (Å²) in [5, 5.41) is 6.21. The zero-order valence-corrected chi connectivity index (χ0v) is 12.0. The van der Waals surface area contributed by atoms with Gasteiger partial charge in [-0.25, -0.2) is 0 Å². The van der Waals surface area contributed by atoms with Crippen molar-refractivity contribution in [2.24, 2.45) is 0 Å². The van der Waals surface area contributed by atoms with Crippen LogP contribution in [-0.2, 0) is 17.8 Å². The van der Waals surface area contributed by atoms with Crippen LogP contribution in [0, 0.1) is 6.92 Å². The number of furan rings is 1. The second kappa shape index (κ2) is 5.97. The number of benzene rings is 1. The second-order valence-corrected chi connectivity index (χ2v) is 5.18. The van der Waals surface area contributed by atoms with Crippen LogP contribution in [0.15, 0.2) is 40.8 Å². The largest absolute Gasteiger partial charge is 0.462 e. The maximum atomic E-state index is 11.9. The Morgan fingerprint density at radius 3 is 3.00 bits per heavy atom. The molecule has 0 spiro atoms. The van der Waals surface area contributed by atoms with Gasteiger partial charge in [0, 0.05) is 18.3 Å². The Kier molecular flexibility index (Phi) is 3.88. The van der Waals surface area contributed by atoms with E-state index in [0.717, 1.165) is 31.0 Å². The van der Waals surface area contributed by atoms with Crippen LogP contribution < -0.4 is 10.6 Å². The van der Waals surface area contributed by atoms with Crippen molar-refractivity contribution in [1.82, 2.24) is 5.32 Å². The number of nitrogens with one attached hydrogen (secondary N) is 2. The molecule has 2 heterocycles. The number of anilines is 1. The number of carbonyl (C=O) groups excluding carboxylic acids is 1. The van der Waals surface area contributed by atoms with Gasteiger partial charge >= 0.3 is 0 Å². The van der Waals surface area contributed by atoms with Crippen molar-refractivity contribution in [1.29, 1.82) is 0 Å². The molecule has 0 bridgehead atoms. The molecule has 1 amide bonds. The summed E-state index contributed by atoms with van der Waals surface area (Å²) in [5.74, 6) is 1.35. The Bertz CT molecular complexity index is 686. The number of hydrogen-bond acceptors (Lipinski definition) is 3. The second-order valence-electron chi connectivity index (χ2n) is 5.18. The van der Waals surface area contributed by atoms with Gasteiger partial charge in [0.2, 0.25) is 5.91 Å². The molecule has 0 saturated carbocycles. The van der Waals surface area contributed by atoms with E-state index in [0.29, 0.717) is 5.76 Å². The molecule has 0 unspecified atom stereocenters. The lowest BCUT2D eigenvalue weighted by molar-refractivity contribution is -0.111. The van der Waals surface area contributed by atoms with Crippen LogP contribution in [0.25, 0.3) is 6.08 Å². The molecule has 1 aliphatic heterocycles. The first-order valence-electron chi connectivity index (χ1n) is 7.09. The van der Waals surface area contributed by atoms with Crippen molar-refractivity contribution in [3.8, 4) is 0 Å². The van der Waals surface area contributed by atoms with Gasteiger partial charge < -0.3 is 15.1 Å². The molecule has 0 atom stereocenters. The van der Waals surface area contributed by atoms with Crippen molar-refractivity contribution < 1.29 is 9.21 Å². The van der Waals surface area contributed by atoms with Gasteiger partial charge in [0.15, 0.2) is 0 Å². The Balaban J connectivity index is 1.66. The third kappa shape index (κ3) is 3.41. The fourth-order valence-corrected chi connectivity index (χ4v) is 2.44. The quantitative estimate of drug-likeness (QED) is 0.851. The topological polar surface area (TPSA) is 54.3 Å². The Morgan fingerprint density at radius 1 is 1.29 bits per heavy atom. The first-order valence-corrected chi connectivity index (χ1v) is 7.09. The molecule has 2 N–H and O–H groups in total. The molecule has 0 saturated heterocycles. The molecule has 0 radical (unpaired) electrons. The predicted octanol–water partition coefficient (Wildman–Crippen LogP) is 2.89. The summed E-state index contributed by atoms with van der Waals surface area (Å²) in [6.45, 7) is 3.75. The highest BCUT2D eigenvalue weighted by molar-refractivity contribution is 6.01. The van der Waals surface area contributed by atoms with Gasteiger partial charge in [-0.3, -0.25) is 4.79 Å². The summed E-state index contributed by atoms with van der Waals surface area (Å²) in [5.41, 5.74) is 3.43. The van der Waals surface area contributed by atoms with Gasteiger partial charge in [0.05, 0.1) is 0 Å². The summed E-state index contributed by atoms with van der Waals surface area (Å²) in [6.07, 6.45) is 4.19. The van der Waals surface area contributed by atoms with E-state index in [4.69, 9.17) is 4.42 Å². The van der Waals surface area contributed by atoms with Crippen molar-refractivity contribution in [2.75, 3.05) is 11.9 Å². The van der Waals surface area contributed by atoms with Crippen molar-refractivity contribution in [3.63, 3.8) is 0 Å². The van der Waals surface area contributed by atoms with E-state index < -0.39 is 0 Å². The van der Waals surface area contributed by atoms with Crippen molar-refractivity contribution >= 4 is 17.7 Å². The Hall–Kier alpha value is -2.33. The normalized spacial score (nSPS) is 14.1. The molecule has 21 heavy (non-hydrogen) atoms. The van der Waals surface area contributed by atoms with Gasteiger partial charge in [-0.2, -0.15) is 0 Å². The number of amides is 1. The van der Waals surface area contributed by atoms with E-state index in [1.165, 1.54) is 17.2 Å². The lowest BCUT2D eigenvalue weighted by Crippen LogP contribution is -2.23. The first-order chi connectivity index (χ1) is 10.2. The molecule has 1 aliphatic rings. The highest BCUT2D eigenvalue weighted by atomic mass is 16.3. The molecule has 1 aromatic carbocycles. The van der Waals surface area contributed by atoms with E-state index in [9.17, 15) is 4.79 Å². The summed E-state index contributed by atoms with van der Waals surface area (Å²) in [6, 6.07) is 9.78. The summed E-state index contributed by atoms with van der Waals surface area (Å²) in [7, 11) is 0. The van der Waals surface area contributed by atoms with Gasteiger partial charge in [0.25, 0.3) is 0 Å². The van der Waals surface area contributed by atoms with Crippen LogP contribution in [0.3, 0.4) is 0 Å². The summed E-state index contributed by atoms with van der Waals surface area (Å²) in [4.78, 5) is 11.9. The van der Waals surface area contributed by atoms with Gasteiger partial charge in [-0.15, -0.1) is 0 Å². The molecule has 2 aromatic rings. The maximum absolute atomic E-state index is 11.9. The summed E-state index contributed by atoms with van der Waals surface area (Å²) < 4.78 is 5.38. The van der Waals surface area contributed by atoms with E-state index in [1.807, 2.05) is 31.2 Å². The van der Waals surface area contributed by atoms with Crippen molar-refractivity contribution in [2.45, 2.75) is 19.9 Å². The van der Waals surface area contributed by atoms with E-state index in [1.54, 1.807) is 6.08 Å². The average molecular weight is 282 g/mol. The molecular weight excluding hydrogens is 264 g/mol. The third-order valence-corrected chi connectivity index (χ3v) is 3.52. The highest BCUT2D eigenvalue weighted by Gasteiger charge is 2.09. The van der Waals surface area contributed by atoms with Gasteiger partial charge in [-0.1, -0.05) is 6.07 Å². The Morgan fingerprint density at radius 2 is 2.19 bits per heavy atom. The standard InChI is InChI=1S/C17H18N2O2/c1-12-2-5-16(21-12)6-7-17(20)19-15-4-3-13-8-9-18-11-14(13)10-15/h2-7,10,18H,8-9,11H2,1H3,(H,19,20)/b7-6+. The van der Waals surface area contributed by atoms with E-state index in [2.05, 4.69) is 16.7 Å². The fourth-order valence-electron chi connectivity index (χ4n) is 2.44. The predicted molar refractivity (Wildman–Crippen MR) is 83.0 cm³/mol. The maximum Gasteiger partial charge on any atom is 0.248 e. The number of fused-ring (bicyclic) bond motifs is 1. The number of carbonyl (C=O) groups is 1. The molecule has 4 nitrogen and oxygen atoms in total. The first kappa shape index (κ1) is 13.6. The smallest absolute Gasteiger partial charge is 0.248 e. The number of rotatable bonds is 3. The zero-order valence-electron chi connectivity index (χ0n) is 12.0. The number of aryl methyl sites for hydroxylation is 1. The highest BCUT2D eigenvalue weighted by Crippen LogP contribution is 2.19. The molecule has 0 aliphatic carbocycles. The van der Waals surface area contributed by atoms with Crippen LogP contribution in [0.2, 0.25) is 0 Å². The minimum Gasteiger partial charge on any atom is -0.462 e. The SMILES string of the molecule is Cc1ccc(/C=C/C(=O)Nc2ccc3c(c2)CNCC3)o1. The lowest BCUT2D eigenvalue weighted by atomic mass is 10.0. The van der Waals surface area contributed by atoms with Crippen LogP contribution in [-0.4, -0.2) is 12.5 Å². The Labute approximate surface area is 123 Å². The monoisotopic (exact) mass is 282 g/mol. The van der Waals surface area contributed by atoms with E-state index >= 15 is 0 Å². The summed E-state index contributed by atoms with van der Waals surface area (Å²) >= 11 is 0. The minimum atomic E-state index is -0.159. The van der Waals surface area contributed by atoms with Crippen LogP contribution >= 0.6 is 0 Å². The lowest BCUT2D eigenvalue weighted by Gasteiger charge is -2.17. The van der Waals surface area contributed by atoms with Gasteiger partial charge in [-0.05, 0) is 61.4 Å². The van der Waals surface area contributed by atoms with Crippen LogP contribution in [0.5, 0.6) is 0 Å². The molecule has 1 aromatic heterocycles. The minimum absolute atomic E-state index is 0.159. The molecular formula is C17H18N2O2. The van der Waals surface area contributed by atoms with E-state index in [-0.39, 0.29) is 5.91 Å².